The molecule has 130 valence electrons. The molecular weight excluding hydrogens is 338 g/mol. The maximum atomic E-state index is 12.4. The summed E-state index contributed by atoms with van der Waals surface area (Å²) >= 11 is 6.10. The standard InChI is InChI=1S/C19H20ClN3O2/c1-12-10-15(17(25-3)11-14(12)20)22-19(24)8-7-16-13(2)21-18-6-4-5-9-23(16)18/h4-6,9-11H,7-8H2,1-3H3,(H,22,24). The summed E-state index contributed by atoms with van der Waals surface area (Å²) in [6.45, 7) is 3.85. The van der Waals surface area contributed by atoms with Crippen molar-refractivity contribution in [2.24, 2.45) is 0 Å². The Labute approximate surface area is 151 Å². The number of pyridine rings is 1. The zero-order valence-electron chi connectivity index (χ0n) is 14.5. The minimum Gasteiger partial charge on any atom is -0.495 e. The van der Waals surface area contributed by atoms with Gasteiger partial charge in [0, 0.05) is 29.4 Å². The van der Waals surface area contributed by atoms with Gasteiger partial charge in [0.2, 0.25) is 5.91 Å². The molecular formula is C19H20ClN3O2. The average Bonchev–Trinajstić information content (AvgIpc) is 2.91. The van der Waals surface area contributed by atoms with Gasteiger partial charge in [-0.2, -0.15) is 0 Å². The van der Waals surface area contributed by atoms with E-state index in [0.29, 0.717) is 29.3 Å². The molecule has 0 aliphatic carbocycles. The molecule has 0 unspecified atom stereocenters. The number of rotatable bonds is 5. The van der Waals surface area contributed by atoms with Gasteiger partial charge >= 0.3 is 0 Å². The molecule has 0 radical (unpaired) electrons. The summed E-state index contributed by atoms with van der Waals surface area (Å²) in [7, 11) is 1.55. The molecule has 2 heterocycles. The Hall–Kier alpha value is -2.53. The number of aromatic nitrogens is 2. The number of benzene rings is 1. The molecule has 0 spiro atoms. The molecule has 6 heteroatoms. The van der Waals surface area contributed by atoms with Gasteiger partial charge < -0.3 is 14.5 Å². The molecule has 0 bridgehead atoms. The number of ether oxygens (including phenoxy) is 1. The van der Waals surface area contributed by atoms with Crippen molar-refractivity contribution in [3.63, 3.8) is 0 Å². The van der Waals surface area contributed by atoms with Gasteiger partial charge in [0.25, 0.3) is 0 Å². The fraction of sp³-hybridized carbons (Fsp3) is 0.263. The summed E-state index contributed by atoms with van der Waals surface area (Å²) in [6, 6.07) is 9.39. The lowest BCUT2D eigenvalue weighted by atomic mass is 10.1. The van der Waals surface area contributed by atoms with Crippen LogP contribution in [0.15, 0.2) is 36.5 Å². The highest BCUT2D eigenvalue weighted by Crippen LogP contribution is 2.31. The zero-order chi connectivity index (χ0) is 18.0. The average molecular weight is 358 g/mol. The number of methoxy groups -OCH3 is 1. The van der Waals surface area contributed by atoms with Crippen molar-refractivity contribution in [2.75, 3.05) is 12.4 Å². The lowest BCUT2D eigenvalue weighted by Gasteiger charge is -2.12. The van der Waals surface area contributed by atoms with E-state index in [0.717, 1.165) is 22.6 Å². The van der Waals surface area contributed by atoms with Crippen molar-refractivity contribution in [2.45, 2.75) is 26.7 Å². The molecule has 1 amide bonds. The van der Waals surface area contributed by atoms with E-state index in [-0.39, 0.29) is 5.91 Å². The van der Waals surface area contributed by atoms with Crippen molar-refractivity contribution in [3.05, 3.63) is 58.5 Å². The Morgan fingerprint density at radius 1 is 1.32 bits per heavy atom. The van der Waals surface area contributed by atoms with Crippen LogP contribution in [-0.4, -0.2) is 22.4 Å². The number of halogens is 1. The van der Waals surface area contributed by atoms with Gasteiger partial charge in [-0.15, -0.1) is 0 Å². The Bertz CT molecular complexity index is 934. The number of hydrogen-bond donors (Lipinski definition) is 1. The molecule has 3 rings (SSSR count). The van der Waals surface area contributed by atoms with Crippen molar-refractivity contribution in [3.8, 4) is 5.75 Å². The van der Waals surface area contributed by atoms with E-state index in [1.165, 1.54) is 0 Å². The van der Waals surface area contributed by atoms with Crippen LogP contribution in [0.4, 0.5) is 5.69 Å². The molecule has 2 aromatic heterocycles. The van der Waals surface area contributed by atoms with Gasteiger partial charge in [0.05, 0.1) is 18.5 Å². The van der Waals surface area contributed by atoms with E-state index in [2.05, 4.69) is 10.3 Å². The number of nitrogens with one attached hydrogen (secondary N) is 1. The molecule has 1 N–H and O–H groups in total. The molecule has 25 heavy (non-hydrogen) atoms. The Morgan fingerprint density at radius 3 is 2.88 bits per heavy atom. The molecule has 0 fully saturated rings. The number of imidazole rings is 1. The number of anilines is 1. The summed E-state index contributed by atoms with van der Waals surface area (Å²) in [6.07, 6.45) is 2.93. The highest BCUT2D eigenvalue weighted by Gasteiger charge is 2.13. The summed E-state index contributed by atoms with van der Waals surface area (Å²) in [5.74, 6) is 0.472. The van der Waals surface area contributed by atoms with Crippen molar-refractivity contribution in [1.29, 1.82) is 0 Å². The van der Waals surface area contributed by atoms with Gasteiger partial charge in [-0.25, -0.2) is 4.98 Å². The molecule has 0 saturated carbocycles. The van der Waals surface area contributed by atoms with Crippen molar-refractivity contribution in [1.82, 2.24) is 9.38 Å². The first-order valence-electron chi connectivity index (χ1n) is 8.06. The van der Waals surface area contributed by atoms with Crippen molar-refractivity contribution >= 4 is 28.8 Å². The Balaban J connectivity index is 1.73. The molecule has 3 aromatic rings. The first-order valence-corrected chi connectivity index (χ1v) is 8.44. The van der Waals surface area contributed by atoms with E-state index < -0.39 is 0 Å². The van der Waals surface area contributed by atoms with Crippen molar-refractivity contribution < 1.29 is 9.53 Å². The van der Waals surface area contributed by atoms with Crippen LogP contribution in [0.2, 0.25) is 5.02 Å². The maximum absolute atomic E-state index is 12.4. The largest absolute Gasteiger partial charge is 0.495 e. The Kier molecular flexibility index (Phi) is 4.95. The second kappa shape index (κ2) is 7.15. The van der Waals surface area contributed by atoms with Crippen LogP contribution in [0.3, 0.4) is 0 Å². The van der Waals surface area contributed by atoms with Crippen LogP contribution in [-0.2, 0) is 11.2 Å². The number of carbonyl (C=O) groups is 1. The Morgan fingerprint density at radius 2 is 2.12 bits per heavy atom. The molecule has 0 saturated heterocycles. The van der Waals surface area contributed by atoms with E-state index in [1.54, 1.807) is 13.2 Å². The van der Waals surface area contributed by atoms with E-state index in [1.807, 2.05) is 48.7 Å². The number of carbonyl (C=O) groups excluding carboxylic acids is 1. The summed E-state index contributed by atoms with van der Waals surface area (Å²) in [5, 5.41) is 3.51. The van der Waals surface area contributed by atoms with Crippen LogP contribution in [0, 0.1) is 13.8 Å². The van der Waals surface area contributed by atoms with Crippen LogP contribution >= 0.6 is 11.6 Å². The second-order valence-corrected chi connectivity index (χ2v) is 6.33. The lowest BCUT2D eigenvalue weighted by Crippen LogP contribution is -2.14. The number of nitrogens with zero attached hydrogens (tertiary/aromatic N) is 2. The SMILES string of the molecule is COc1cc(Cl)c(C)cc1NC(=O)CCc1c(C)nc2ccccn12. The van der Waals surface area contributed by atoms with Crippen LogP contribution in [0.5, 0.6) is 5.75 Å². The molecule has 0 aliphatic heterocycles. The van der Waals surface area contributed by atoms with Gasteiger partial charge in [-0.3, -0.25) is 4.79 Å². The monoisotopic (exact) mass is 357 g/mol. The number of aryl methyl sites for hydroxylation is 3. The first kappa shape index (κ1) is 17.3. The van der Waals surface area contributed by atoms with Gasteiger partial charge in [-0.1, -0.05) is 17.7 Å². The third-order valence-corrected chi connectivity index (χ3v) is 4.58. The highest BCUT2D eigenvalue weighted by atomic mass is 35.5. The normalized spacial score (nSPS) is 10.9. The zero-order valence-corrected chi connectivity index (χ0v) is 15.2. The quantitative estimate of drug-likeness (QED) is 0.745. The fourth-order valence-electron chi connectivity index (χ4n) is 2.84. The fourth-order valence-corrected chi connectivity index (χ4v) is 2.99. The third-order valence-electron chi connectivity index (χ3n) is 4.17. The molecule has 1 aromatic carbocycles. The van der Waals surface area contributed by atoms with Gasteiger partial charge in [-0.05, 0) is 44.0 Å². The van der Waals surface area contributed by atoms with E-state index >= 15 is 0 Å². The van der Waals surface area contributed by atoms with Crippen LogP contribution in [0.1, 0.15) is 23.4 Å². The predicted molar refractivity (Wildman–Crippen MR) is 99.6 cm³/mol. The summed E-state index contributed by atoms with van der Waals surface area (Å²) in [5.41, 5.74) is 4.40. The summed E-state index contributed by atoms with van der Waals surface area (Å²) in [4.78, 5) is 16.9. The number of amides is 1. The second-order valence-electron chi connectivity index (χ2n) is 5.92. The van der Waals surface area contributed by atoms with E-state index in [9.17, 15) is 4.79 Å². The minimum absolute atomic E-state index is 0.0784. The third kappa shape index (κ3) is 3.61. The maximum Gasteiger partial charge on any atom is 0.224 e. The van der Waals surface area contributed by atoms with E-state index in [4.69, 9.17) is 16.3 Å². The number of fused-ring (bicyclic) bond motifs is 1. The van der Waals surface area contributed by atoms with Crippen LogP contribution < -0.4 is 10.1 Å². The van der Waals surface area contributed by atoms with Gasteiger partial charge in [0.15, 0.2) is 0 Å². The summed E-state index contributed by atoms with van der Waals surface area (Å²) < 4.78 is 7.32. The van der Waals surface area contributed by atoms with Crippen LogP contribution in [0.25, 0.3) is 5.65 Å². The first-order chi connectivity index (χ1) is 12.0. The molecule has 5 nitrogen and oxygen atoms in total. The topological polar surface area (TPSA) is 55.6 Å². The number of hydrogen-bond acceptors (Lipinski definition) is 3. The smallest absolute Gasteiger partial charge is 0.224 e. The lowest BCUT2D eigenvalue weighted by molar-refractivity contribution is -0.116. The highest BCUT2D eigenvalue weighted by molar-refractivity contribution is 6.31. The van der Waals surface area contributed by atoms with Gasteiger partial charge in [0.1, 0.15) is 11.4 Å². The molecule has 0 aliphatic rings. The predicted octanol–water partition coefficient (Wildman–Crippen LogP) is 4.18. The minimum atomic E-state index is -0.0784. The molecule has 0 atom stereocenters.